The summed E-state index contributed by atoms with van der Waals surface area (Å²) >= 11 is 12.1. The van der Waals surface area contributed by atoms with Crippen LogP contribution in [0, 0.1) is 5.92 Å². The average molecular weight is 515 g/mol. The minimum atomic E-state index is -0.249. The highest BCUT2D eigenvalue weighted by Gasteiger charge is 2.23. The number of primary amides is 1. The van der Waals surface area contributed by atoms with E-state index in [1.165, 1.54) is 0 Å². The van der Waals surface area contributed by atoms with Crippen molar-refractivity contribution in [3.05, 3.63) is 28.2 Å². The summed E-state index contributed by atoms with van der Waals surface area (Å²) < 4.78 is 5.66. The third kappa shape index (κ3) is 7.00. The van der Waals surface area contributed by atoms with E-state index in [9.17, 15) is 4.79 Å². The zero-order valence-electron chi connectivity index (χ0n) is 14.7. The first-order valence-electron chi connectivity index (χ1n) is 8.32. The van der Waals surface area contributed by atoms with Crippen molar-refractivity contribution in [2.45, 2.75) is 19.3 Å². The Morgan fingerprint density at radius 3 is 2.92 bits per heavy atom. The predicted molar refractivity (Wildman–Crippen MR) is 117 cm³/mol. The highest BCUT2D eigenvalue weighted by Crippen LogP contribution is 2.31. The number of nitrogens with zero attached hydrogens (tertiary/aromatic N) is 2. The lowest BCUT2D eigenvalue weighted by molar-refractivity contribution is -0.119. The quantitative estimate of drug-likeness (QED) is 0.264. The molecule has 1 aromatic rings. The summed E-state index contributed by atoms with van der Waals surface area (Å²) in [6.07, 6.45) is 2.46. The number of benzene rings is 1. The highest BCUT2D eigenvalue weighted by atomic mass is 127. The molecule has 1 aliphatic heterocycles. The number of guanidine groups is 1. The van der Waals surface area contributed by atoms with Crippen molar-refractivity contribution >= 4 is 59.0 Å². The summed E-state index contributed by atoms with van der Waals surface area (Å²) in [6, 6.07) is 5.29. The van der Waals surface area contributed by atoms with E-state index in [1.807, 2.05) is 0 Å². The Morgan fingerprint density at radius 1 is 1.46 bits per heavy atom. The molecule has 0 radical (unpaired) electrons. The van der Waals surface area contributed by atoms with Crippen molar-refractivity contribution in [2.75, 3.05) is 33.3 Å². The Bertz CT molecular complexity index is 631. The lowest BCUT2D eigenvalue weighted by Gasteiger charge is -2.34. The minimum Gasteiger partial charge on any atom is -0.490 e. The van der Waals surface area contributed by atoms with Crippen LogP contribution in [0.3, 0.4) is 0 Å². The van der Waals surface area contributed by atoms with Crippen molar-refractivity contribution in [3.63, 3.8) is 0 Å². The van der Waals surface area contributed by atoms with Gasteiger partial charge in [-0.3, -0.25) is 9.79 Å². The molecule has 0 saturated carbocycles. The second kappa shape index (κ2) is 11.7. The molecule has 1 unspecified atom stereocenters. The van der Waals surface area contributed by atoms with Crippen LogP contribution < -0.4 is 15.8 Å². The van der Waals surface area contributed by atoms with Crippen LogP contribution in [-0.2, 0) is 4.79 Å². The summed E-state index contributed by atoms with van der Waals surface area (Å²) in [5.41, 5.74) is 5.31. The Labute approximate surface area is 181 Å². The molecule has 0 aliphatic carbocycles. The first-order valence-corrected chi connectivity index (χ1v) is 9.07. The number of ether oxygens (including phenoxy) is 1. The second-order valence-electron chi connectivity index (χ2n) is 6.00. The van der Waals surface area contributed by atoms with Gasteiger partial charge in [0.05, 0.1) is 11.6 Å². The van der Waals surface area contributed by atoms with Crippen LogP contribution in [0.2, 0.25) is 10.0 Å². The van der Waals surface area contributed by atoms with E-state index in [-0.39, 0.29) is 35.8 Å². The number of nitrogens with two attached hydrogens (primary N) is 1. The number of amides is 1. The lowest BCUT2D eigenvalue weighted by Crippen LogP contribution is -2.48. The standard InChI is InChI=1S/C17H24Cl2N4O2.HI/c1-21-17(23-8-3-4-12(11-23)10-15(20)24)22-7-9-25-14-6-2-5-13(18)16(14)19;/h2,5-6,12H,3-4,7-11H2,1H3,(H2,20,24)(H,21,22);1H. The van der Waals surface area contributed by atoms with Gasteiger partial charge in [-0.15, -0.1) is 24.0 Å². The smallest absolute Gasteiger partial charge is 0.217 e. The molecule has 1 amide bonds. The number of hydrogen-bond donors (Lipinski definition) is 2. The van der Waals surface area contributed by atoms with E-state index in [2.05, 4.69) is 15.2 Å². The Kier molecular flexibility index (Phi) is 10.4. The summed E-state index contributed by atoms with van der Waals surface area (Å²) in [7, 11) is 1.74. The SMILES string of the molecule is CN=C(NCCOc1cccc(Cl)c1Cl)N1CCCC(CC(N)=O)C1.I. The Morgan fingerprint density at radius 2 is 2.23 bits per heavy atom. The molecule has 1 aliphatic rings. The van der Waals surface area contributed by atoms with Crippen molar-refractivity contribution in [1.29, 1.82) is 0 Å². The van der Waals surface area contributed by atoms with Gasteiger partial charge in [0.2, 0.25) is 5.91 Å². The first kappa shape index (κ1) is 23.1. The highest BCUT2D eigenvalue weighted by molar-refractivity contribution is 14.0. The van der Waals surface area contributed by atoms with Crippen LogP contribution in [-0.4, -0.2) is 50.1 Å². The maximum absolute atomic E-state index is 11.1. The molecular weight excluding hydrogens is 490 g/mol. The van der Waals surface area contributed by atoms with Crippen LogP contribution >= 0.6 is 47.2 Å². The number of carbonyl (C=O) groups is 1. The van der Waals surface area contributed by atoms with Crippen LogP contribution in [0.5, 0.6) is 5.75 Å². The molecule has 1 aromatic carbocycles. The molecule has 0 spiro atoms. The van der Waals surface area contributed by atoms with Crippen LogP contribution in [0.15, 0.2) is 23.2 Å². The zero-order chi connectivity index (χ0) is 18.2. The van der Waals surface area contributed by atoms with Crippen molar-refractivity contribution < 1.29 is 9.53 Å². The average Bonchev–Trinajstić information content (AvgIpc) is 2.58. The number of piperidine rings is 1. The number of carbonyl (C=O) groups excluding carboxylic acids is 1. The van der Waals surface area contributed by atoms with E-state index in [0.29, 0.717) is 35.4 Å². The molecule has 9 heteroatoms. The van der Waals surface area contributed by atoms with E-state index >= 15 is 0 Å². The maximum atomic E-state index is 11.1. The van der Waals surface area contributed by atoms with Gasteiger partial charge in [0.25, 0.3) is 0 Å². The fraction of sp³-hybridized carbons (Fsp3) is 0.529. The van der Waals surface area contributed by atoms with E-state index in [1.54, 1.807) is 25.2 Å². The van der Waals surface area contributed by atoms with Gasteiger partial charge in [0.15, 0.2) is 5.96 Å². The number of rotatable bonds is 6. The van der Waals surface area contributed by atoms with Crippen LogP contribution in [0.25, 0.3) is 0 Å². The van der Waals surface area contributed by atoms with E-state index < -0.39 is 0 Å². The van der Waals surface area contributed by atoms with Gasteiger partial charge >= 0.3 is 0 Å². The summed E-state index contributed by atoms with van der Waals surface area (Å²) in [5, 5.41) is 4.16. The largest absolute Gasteiger partial charge is 0.490 e. The molecule has 3 N–H and O–H groups in total. The summed E-state index contributed by atoms with van der Waals surface area (Å²) in [4.78, 5) is 17.6. The van der Waals surface area contributed by atoms with Gasteiger partial charge in [0, 0.05) is 26.6 Å². The Hall–Kier alpha value is -0.930. The lowest BCUT2D eigenvalue weighted by atomic mass is 9.95. The van der Waals surface area contributed by atoms with Crippen molar-refractivity contribution in [2.24, 2.45) is 16.6 Å². The molecule has 1 heterocycles. The number of halogens is 3. The number of nitrogens with one attached hydrogen (secondary N) is 1. The number of hydrogen-bond acceptors (Lipinski definition) is 3. The molecule has 6 nitrogen and oxygen atoms in total. The molecule has 0 aromatic heterocycles. The van der Waals surface area contributed by atoms with Crippen molar-refractivity contribution in [3.8, 4) is 5.75 Å². The topological polar surface area (TPSA) is 80.0 Å². The Balaban J connectivity index is 0.00000338. The fourth-order valence-electron chi connectivity index (χ4n) is 2.96. The van der Waals surface area contributed by atoms with Gasteiger partial charge in [-0.1, -0.05) is 29.3 Å². The molecule has 1 atom stereocenters. The zero-order valence-corrected chi connectivity index (χ0v) is 18.6. The first-order chi connectivity index (χ1) is 12.0. The fourth-order valence-corrected chi connectivity index (χ4v) is 3.31. The molecular formula is C17H25Cl2IN4O2. The molecule has 1 fully saturated rings. The third-order valence-electron chi connectivity index (χ3n) is 4.08. The van der Waals surface area contributed by atoms with Gasteiger partial charge in [0.1, 0.15) is 17.4 Å². The molecule has 0 bridgehead atoms. The normalized spacial score (nSPS) is 17.4. The predicted octanol–water partition coefficient (Wildman–Crippen LogP) is 3.15. The third-order valence-corrected chi connectivity index (χ3v) is 4.88. The van der Waals surface area contributed by atoms with E-state index in [0.717, 1.165) is 31.9 Å². The maximum Gasteiger partial charge on any atom is 0.217 e. The molecule has 1 saturated heterocycles. The minimum absolute atomic E-state index is 0. The molecule has 146 valence electrons. The van der Waals surface area contributed by atoms with Gasteiger partial charge in [-0.2, -0.15) is 0 Å². The number of likely N-dealkylation sites (tertiary alicyclic amines) is 1. The van der Waals surface area contributed by atoms with Crippen LogP contribution in [0.4, 0.5) is 0 Å². The van der Waals surface area contributed by atoms with Gasteiger partial charge in [-0.05, 0) is 30.9 Å². The second-order valence-corrected chi connectivity index (χ2v) is 6.78. The van der Waals surface area contributed by atoms with Gasteiger partial charge in [-0.25, -0.2) is 0 Å². The van der Waals surface area contributed by atoms with E-state index in [4.69, 9.17) is 33.7 Å². The monoisotopic (exact) mass is 514 g/mol. The summed E-state index contributed by atoms with van der Waals surface area (Å²) in [5.74, 6) is 1.40. The van der Waals surface area contributed by atoms with Crippen LogP contribution in [0.1, 0.15) is 19.3 Å². The number of aliphatic imine (C=N–C) groups is 1. The molecule has 26 heavy (non-hydrogen) atoms. The summed E-state index contributed by atoms with van der Waals surface area (Å²) in [6.45, 7) is 2.70. The van der Waals surface area contributed by atoms with Crippen molar-refractivity contribution in [1.82, 2.24) is 10.2 Å². The van der Waals surface area contributed by atoms with Gasteiger partial charge < -0.3 is 20.7 Å². The molecule has 2 rings (SSSR count).